The molecule has 1 heterocycles. The zero-order valence-corrected chi connectivity index (χ0v) is 19.7. The Morgan fingerprint density at radius 3 is 2.59 bits per heavy atom. The molecule has 0 fully saturated rings. The standard InChI is InChI=1S/C23H26ClN5O5/c1-13(26-22(33)34)19-28-17-9-5-8-16(24)18(17)20(31)29(19)15-7-4-6-14(10-15)27-21(32)25-11-23(2,3)12-30/h4-10,13,26,30H,11-12H2,1-3H3,(H,33,34)(H2,25,27,32). The monoisotopic (exact) mass is 487 g/mol. The molecule has 0 aliphatic heterocycles. The van der Waals surface area contributed by atoms with Crippen LogP contribution < -0.4 is 21.5 Å². The average Bonchev–Trinajstić information content (AvgIpc) is 2.77. The lowest BCUT2D eigenvalue weighted by atomic mass is 9.95. The van der Waals surface area contributed by atoms with Crippen LogP contribution in [0.25, 0.3) is 16.6 Å². The van der Waals surface area contributed by atoms with Crippen LogP contribution in [-0.2, 0) is 0 Å². The molecule has 3 rings (SSSR count). The number of aliphatic hydroxyl groups excluding tert-OH is 1. The van der Waals surface area contributed by atoms with Gasteiger partial charge in [0.05, 0.1) is 27.7 Å². The molecule has 5 N–H and O–H groups in total. The van der Waals surface area contributed by atoms with Crippen LogP contribution in [0.5, 0.6) is 0 Å². The molecule has 34 heavy (non-hydrogen) atoms. The maximum absolute atomic E-state index is 13.5. The third kappa shape index (κ3) is 5.64. The molecule has 1 atom stereocenters. The van der Waals surface area contributed by atoms with E-state index in [0.29, 0.717) is 16.9 Å². The van der Waals surface area contributed by atoms with Crippen molar-refractivity contribution in [3.05, 3.63) is 63.7 Å². The summed E-state index contributed by atoms with van der Waals surface area (Å²) in [6.07, 6.45) is -1.27. The number of carbonyl (C=O) groups is 2. The van der Waals surface area contributed by atoms with Crippen molar-refractivity contribution in [3.8, 4) is 5.69 Å². The van der Waals surface area contributed by atoms with Crippen molar-refractivity contribution in [1.29, 1.82) is 0 Å². The lowest BCUT2D eigenvalue weighted by molar-refractivity contribution is 0.158. The van der Waals surface area contributed by atoms with Crippen LogP contribution >= 0.6 is 11.6 Å². The van der Waals surface area contributed by atoms with E-state index >= 15 is 0 Å². The number of nitrogens with one attached hydrogen (secondary N) is 3. The van der Waals surface area contributed by atoms with Crippen LogP contribution in [0.4, 0.5) is 15.3 Å². The van der Waals surface area contributed by atoms with Crippen LogP contribution in [-0.4, -0.2) is 45.0 Å². The molecule has 1 aromatic heterocycles. The first-order chi connectivity index (χ1) is 16.0. The summed E-state index contributed by atoms with van der Waals surface area (Å²) in [6, 6.07) is 10.0. The molecule has 0 bridgehead atoms. The minimum Gasteiger partial charge on any atom is -0.465 e. The van der Waals surface area contributed by atoms with Gasteiger partial charge in [0.25, 0.3) is 5.56 Å². The Morgan fingerprint density at radius 1 is 1.21 bits per heavy atom. The molecular formula is C23H26ClN5O5. The first kappa shape index (κ1) is 25.0. The third-order valence-corrected chi connectivity index (χ3v) is 5.43. The smallest absolute Gasteiger partial charge is 0.405 e. The number of urea groups is 1. The number of anilines is 1. The maximum atomic E-state index is 13.5. The SMILES string of the molecule is CC(NC(=O)O)c1nc2cccc(Cl)c2c(=O)n1-c1cccc(NC(=O)NCC(C)(C)CO)c1. The molecule has 11 heteroatoms. The molecule has 3 aromatic rings. The highest BCUT2D eigenvalue weighted by Gasteiger charge is 2.21. The van der Waals surface area contributed by atoms with Gasteiger partial charge in [0, 0.05) is 24.3 Å². The van der Waals surface area contributed by atoms with E-state index in [-0.39, 0.29) is 29.4 Å². The fourth-order valence-corrected chi connectivity index (χ4v) is 3.52. The minimum absolute atomic E-state index is 0.0887. The van der Waals surface area contributed by atoms with Crippen molar-refractivity contribution in [1.82, 2.24) is 20.2 Å². The molecule has 2 aromatic carbocycles. The number of rotatable bonds is 7. The second-order valence-electron chi connectivity index (χ2n) is 8.60. The quantitative estimate of drug-likeness (QED) is 0.344. The normalized spacial score (nSPS) is 12.3. The predicted molar refractivity (Wildman–Crippen MR) is 130 cm³/mol. The highest BCUT2D eigenvalue weighted by Crippen LogP contribution is 2.24. The fourth-order valence-electron chi connectivity index (χ4n) is 3.27. The number of hydrogen-bond donors (Lipinski definition) is 5. The number of nitrogens with zero attached hydrogens (tertiary/aromatic N) is 2. The lowest BCUT2D eigenvalue weighted by Gasteiger charge is -2.22. The summed E-state index contributed by atoms with van der Waals surface area (Å²) >= 11 is 6.28. The molecule has 1 unspecified atom stereocenters. The zero-order chi connectivity index (χ0) is 25.0. The summed E-state index contributed by atoms with van der Waals surface area (Å²) in [5, 5.41) is 26.6. The first-order valence-electron chi connectivity index (χ1n) is 10.5. The minimum atomic E-state index is -1.27. The summed E-state index contributed by atoms with van der Waals surface area (Å²) in [6.45, 7) is 5.36. The van der Waals surface area contributed by atoms with Gasteiger partial charge in [-0.2, -0.15) is 0 Å². The number of halogens is 1. The highest BCUT2D eigenvalue weighted by molar-refractivity contribution is 6.35. The van der Waals surface area contributed by atoms with Gasteiger partial charge >= 0.3 is 12.1 Å². The van der Waals surface area contributed by atoms with Gasteiger partial charge in [0.2, 0.25) is 0 Å². The van der Waals surface area contributed by atoms with Gasteiger partial charge in [-0.05, 0) is 37.3 Å². The third-order valence-electron chi connectivity index (χ3n) is 5.12. The molecule has 0 spiro atoms. The lowest BCUT2D eigenvalue weighted by Crippen LogP contribution is -2.38. The second-order valence-corrected chi connectivity index (χ2v) is 9.00. The van der Waals surface area contributed by atoms with Crippen molar-refractivity contribution in [2.24, 2.45) is 5.41 Å². The van der Waals surface area contributed by atoms with Gasteiger partial charge in [0.15, 0.2) is 0 Å². The summed E-state index contributed by atoms with van der Waals surface area (Å²) < 4.78 is 1.27. The topological polar surface area (TPSA) is 146 Å². The van der Waals surface area contributed by atoms with Crippen molar-refractivity contribution >= 4 is 40.3 Å². The van der Waals surface area contributed by atoms with Gasteiger partial charge in [-0.15, -0.1) is 0 Å². The van der Waals surface area contributed by atoms with Gasteiger partial charge in [-0.3, -0.25) is 9.36 Å². The Hall–Kier alpha value is -3.63. The van der Waals surface area contributed by atoms with Crippen LogP contribution in [0.3, 0.4) is 0 Å². The van der Waals surface area contributed by atoms with Crippen LogP contribution in [0.2, 0.25) is 5.02 Å². The molecule has 0 saturated carbocycles. The molecule has 0 aliphatic rings. The number of benzene rings is 2. The molecule has 180 valence electrons. The molecule has 0 aliphatic carbocycles. The summed E-state index contributed by atoms with van der Waals surface area (Å²) in [5.41, 5.74) is 0.138. The fraction of sp³-hybridized carbons (Fsp3) is 0.304. The Morgan fingerprint density at radius 2 is 1.91 bits per heavy atom. The van der Waals surface area contributed by atoms with Gasteiger partial charge in [-0.1, -0.05) is 37.6 Å². The number of aliphatic hydroxyl groups is 1. The maximum Gasteiger partial charge on any atom is 0.405 e. The number of fused-ring (bicyclic) bond motifs is 1. The molecule has 3 amide bonds. The second kappa shape index (κ2) is 10.1. The molecule has 0 radical (unpaired) electrons. The van der Waals surface area contributed by atoms with Gasteiger partial charge in [0.1, 0.15) is 5.82 Å². The van der Waals surface area contributed by atoms with Crippen LogP contribution in [0.15, 0.2) is 47.3 Å². The molecular weight excluding hydrogens is 462 g/mol. The predicted octanol–water partition coefficient (Wildman–Crippen LogP) is 3.51. The summed E-state index contributed by atoms with van der Waals surface area (Å²) in [7, 11) is 0. The molecule has 0 saturated heterocycles. The highest BCUT2D eigenvalue weighted by atomic mass is 35.5. The Balaban J connectivity index is 2.05. The Kier molecular flexibility index (Phi) is 7.43. The average molecular weight is 488 g/mol. The number of carboxylic acid groups (broad SMARTS) is 1. The van der Waals surface area contributed by atoms with E-state index in [1.54, 1.807) is 49.4 Å². The number of hydrogen-bond acceptors (Lipinski definition) is 5. The number of carbonyl (C=O) groups excluding carboxylic acids is 1. The van der Waals surface area contributed by atoms with Gasteiger partial charge in [-0.25, -0.2) is 14.6 Å². The van der Waals surface area contributed by atoms with Crippen molar-refractivity contribution < 1.29 is 19.8 Å². The summed E-state index contributed by atoms with van der Waals surface area (Å²) in [4.78, 5) is 41.6. The van der Waals surface area contributed by atoms with Gasteiger partial charge < -0.3 is 26.2 Å². The van der Waals surface area contributed by atoms with E-state index in [0.717, 1.165) is 0 Å². The van der Waals surface area contributed by atoms with Crippen molar-refractivity contribution in [2.45, 2.75) is 26.8 Å². The van der Waals surface area contributed by atoms with Crippen molar-refractivity contribution in [3.63, 3.8) is 0 Å². The van der Waals surface area contributed by atoms with Crippen molar-refractivity contribution in [2.75, 3.05) is 18.5 Å². The first-order valence-corrected chi connectivity index (χ1v) is 10.9. The van der Waals surface area contributed by atoms with E-state index in [2.05, 4.69) is 20.9 Å². The van der Waals surface area contributed by atoms with E-state index in [4.69, 9.17) is 11.6 Å². The van der Waals surface area contributed by atoms with E-state index in [1.807, 2.05) is 13.8 Å². The van der Waals surface area contributed by atoms with E-state index in [1.165, 1.54) is 4.57 Å². The van der Waals surface area contributed by atoms with E-state index in [9.17, 15) is 24.6 Å². The number of amides is 3. The van der Waals surface area contributed by atoms with Crippen LogP contribution in [0.1, 0.15) is 32.6 Å². The van der Waals surface area contributed by atoms with E-state index < -0.39 is 29.1 Å². The number of aromatic nitrogens is 2. The molecule has 10 nitrogen and oxygen atoms in total. The van der Waals surface area contributed by atoms with Crippen LogP contribution in [0, 0.1) is 5.41 Å². The Labute approximate surface area is 200 Å². The largest absolute Gasteiger partial charge is 0.465 e. The Bertz CT molecular complexity index is 1290. The zero-order valence-electron chi connectivity index (χ0n) is 18.9. The summed E-state index contributed by atoms with van der Waals surface area (Å²) in [5.74, 6) is 0.161.